The van der Waals surface area contributed by atoms with Crippen LogP contribution in [0.3, 0.4) is 0 Å². The van der Waals surface area contributed by atoms with Crippen LogP contribution in [0.2, 0.25) is 0 Å². The predicted molar refractivity (Wildman–Crippen MR) is 92.3 cm³/mol. The monoisotopic (exact) mass is 312 g/mol. The van der Waals surface area contributed by atoms with E-state index in [0.717, 1.165) is 30.9 Å². The van der Waals surface area contributed by atoms with E-state index >= 15 is 0 Å². The number of methoxy groups -OCH3 is 1. The maximum absolute atomic E-state index is 5.73. The summed E-state index contributed by atoms with van der Waals surface area (Å²) in [4.78, 5) is 0. The molecule has 0 amide bonds. The molecule has 0 unspecified atom stereocenters. The van der Waals surface area contributed by atoms with Crippen molar-refractivity contribution >= 4 is 0 Å². The Labute approximate surface area is 138 Å². The smallest absolute Gasteiger partial charge is 0.161 e. The van der Waals surface area contributed by atoms with Crippen molar-refractivity contribution in [3.8, 4) is 11.5 Å². The van der Waals surface area contributed by atoms with E-state index in [4.69, 9.17) is 9.47 Å². The molecule has 3 nitrogen and oxygen atoms in total. The molecule has 2 aromatic rings. The van der Waals surface area contributed by atoms with Crippen LogP contribution < -0.4 is 14.8 Å². The molecule has 0 radical (unpaired) electrons. The van der Waals surface area contributed by atoms with E-state index < -0.39 is 0 Å². The van der Waals surface area contributed by atoms with Crippen LogP contribution in [-0.2, 0) is 12.8 Å². The Kier molecular flexibility index (Phi) is 4.87. The lowest BCUT2D eigenvalue weighted by Gasteiger charge is -2.26. The molecular weight excluding hydrogens is 286 g/mol. The molecule has 23 heavy (non-hydrogen) atoms. The molecular formula is C20H26NO2+. The minimum absolute atomic E-state index is 0.342. The molecule has 0 spiro atoms. The highest BCUT2D eigenvalue weighted by Gasteiger charge is 2.27. The Morgan fingerprint density at radius 1 is 1.09 bits per heavy atom. The van der Waals surface area contributed by atoms with Crippen LogP contribution >= 0.6 is 0 Å². The normalized spacial score (nSPS) is 16.7. The van der Waals surface area contributed by atoms with Crippen molar-refractivity contribution in [3.63, 3.8) is 0 Å². The van der Waals surface area contributed by atoms with Gasteiger partial charge >= 0.3 is 0 Å². The van der Waals surface area contributed by atoms with Crippen molar-refractivity contribution < 1.29 is 14.8 Å². The van der Waals surface area contributed by atoms with Gasteiger partial charge in [-0.15, -0.1) is 0 Å². The molecule has 0 saturated heterocycles. The molecule has 1 aliphatic rings. The minimum atomic E-state index is 0.342. The van der Waals surface area contributed by atoms with E-state index in [9.17, 15) is 0 Å². The minimum Gasteiger partial charge on any atom is -0.493 e. The van der Waals surface area contributed by atoms with E-state index in [1.165, 1.54) is 22.3 Å². The van der Waals surface area contributed by atoms with Gasteiger partial charge in [-0.05, 0) is 36.6 Å². The predicted octanol–water partition coefficient (Wildman–Crippen LogP) is 2.87. The number of quaternary nitrogens is 1. The van der Waals surface area contributed by atoms with E-state index in [1.807, 2.05) is 6.92 Å². The molecule has 0 aliphatic carbocycles. The average Bonchev–Trinajstić information content (AvgIpc) is 2.61. The third-order valence-corrected chi connectivity index (χ3v) is 4.62. The number of hydrogen-bond donors (Lipinski definition) is 1. The van der Waals surface area contributed by atoms with Crippen molar-refractivity contribution in [2.24, 2.45) is 0 Å². The SMILES string of the molecule is CCOc1cc2c(cc1OC)[C@H](c1ccc(CC)cc1)[NH2+]CC2. The molecule has 0 saturated carbocycles. The second-order valence-corrected chi connectivity index (χ2v) is 5.98. The van der Waals surface area contributed by atoms with E-state index in [1.54, 1.807) is 7.11 Å². The van der Waals surface area contributed by atoms with Crippen LogP contribution in [0, 0.1) is 0 Å². The van der Waals surface area contributed by atoms with Crippen molar-refractivity contribution in [3.05, 3.63) is 58.7 Å². The van der Waals surface area contributed by atoms with E-state index in [0.29, 0.717) is 12.6 Å². The van der Waals surface area contributed by atoms with Gasteiger partial charge in [-0.25, -0.2) is 0 Å². The summed E-state index contributed by atoms with van der Waals surface area (Å²) in [7, 11) is 1.71. The quantitative estimate of drug-likeness (QED) is 0.921. The molecule has 2 aromatic carbocycles. The van der Waals surface area contributed by atoms with Gasteiger partial charge in [0.1, 0.15) is 6.04 Å². The first-order chi connectivity index (χ1) is 11.3. The summed E-state index contributed by atoms with van der Waals surface area (Å²) in [5.41, 5.74) is 5.46. The van der Waals surface area contributed by atoms with Gasteiger partial charge in [-0.2, -0.15) is 0 Å². The van der Waals surface area contributed by atoms with E-state index in [2.05, 4.69) is 48.6 Å². The lowest BCUT2D eigenvalue weighted by Crippen LogP contribution is -2.87. The summed E-state index contributed by atoms with van der Waals surface area (Å²) in [5, 5.41) is 2.42. The molecule has 2 N–H and O–H groups in total. The summed E-state index contributed by atoms with van der Waals surface area (Å²) >= 11 is 0. The molecule has 3 heteroatoms. The number of nitrogens with two attached hydrogens (primary N) is 1. The molecule has 0 bridgehead atoms. The van der Waals surface area contributed by atoms with Crippen LogP contribution in [-0.4, -0.2) is 20.3 Å². The lowest BCUT2D eigenvalue weighted by atomic mass is 9.89. The summed E-state index contributed by atoms with van der Waals surface area (Å²) in [6, 6.07) is 13.7. The van der Waals surface area contributed by atoms with Crippen LogP contribution in [0.4, 0.5) is 0 Å². The third-order valence-electron chi connectivity index (χ3n) is 4.62. The topological polar surface area (TPSA) is 35.1 Å². The first-order valence-corrected chi connectivity index (χ1v) is 8.52. The Morgan fingerprint density at radius 2 is 1.87 bits per heavy atom. The van der Waals surface area contributed by atoms with Gasteiger partial charge in [0, 0.05) is 17.5 Å². The molecule has 1 aliphatic heterocycles. The summed E-state index contributed by atoms with van der Waals surface area (Å²) in [6.07, 6.45) is 2.15. The third kappa shape index (κ3) is 3.20. The number of hydrogen-bond acceptors (Lipinski definition) is 2. The van der Waals surface area contributed by atoms with Crippen molar-refractivity contribution in [2.45, 2.75) is 32.7 Å². The fraction of sp³-hybridized carbons (Fsp3) is 0.400. The second kappa shape index (κ2) is 7.05. The highest BCUT2D eigenvalue weighted by molar-refractivity contribution is 5.50. The molecule has 0 aromatic heterocycles. The van der Waals surface area contributed by atoms with Crippen LogP contribution in [0.5, 0.6) is 11.5 Å². The Hall–Kier alpha value is -2.00. The van der Waals surface area contributed by atoms with Crippen molar-refractivity contribution in [2.75, 3.05) is 20.3 Å². The zero-order valence-electron chi connectivity index (χ0n) is 14.3. The standard InChI is InChI=1S/C20H25NO2/c1-4-14-6-8-15(9-7-14)20-17-13-18(22-3)19(23-5-2)12-16(17)10-11-21-20/h6-9,12-13,20-21H,4-5,10-11H2,1-3H3/p+1/t20-/m0/s1. The Balaban J connectivity index is 2.00. The average molecular weight is 312 g/mol. The van der Waals surface area contributed by atoms with Gasteiger partial charge in [0.15, 0.2) is 11.5 Å². The first-order valence-electron chi connectivity index (χ1n) is 8.52. The Bertz CT molecular complexity index is 664. The molecule has 122 valence electrons. The molecule has 1 heterocycles. The van der Waals surface area contributed by atoms with Crippen molar-refractivity contribution in [1.82, 2.24) is 0 Å². The number of ether oxygens (including phenoxy) is 2. The number of benzene rings is 2. The molecule has 0 fully saturated rings. The van der Waals surface area contributed by atoms with Gasteiger partial charge < -0.3 is 14.8 Å². The fourth-order valence-electron chi connectivity index (χ4n) is 3.36. The maximum atomic E-state index is 5.73. The van der Waals surface area contributed by atoms with Gasteiger partial charge in [0.05, 0.1) is 20.3 Å². The number of rotatable bonds is 5. The van der Waals surface area contributed by atoms with Crippen molar-refractivity contribution in [1.29, 1.82) is 0 Å². The maximum Gasteiger partial charge on any atom is 0.161 e. The zero-order valence-corrected chi connectivity index (χ0v) is 14.3. The summed E-state index contributed by atoms with van der Waals surface area (Å²) < 4.78 is 11.3. The lowest BCUT2D eigenvalue weighted by molar-refractivity contribution is -0.690. The van der Waals surface area contributed by atoms with Gasteiger partial charge in [0.25, 0.3) is 0 Å². The first kappa shape index (κ1) is 15.9. The van der Waals surface area contributed by atoms with Crippen LogP contribution in [0.1, 0.15) is 42.1 Å². The Morgan fingerprint density at radius 3 is 2.52 bits per heavy atom. The van der Waals surface area contributed by atoms with Gasteiger partial charge in [0.2, 0.25) is 0 Å². The van der Waals surface area contributed by atoms with Gasteiger partial charge in [-0.1, -0.05) is 31.2 Å². The largest absolute Gasteiger partial charge is 0.493 e. The summed E-state index contributed by atoms with van der Waals surface area (Å²) in [6.45, 7) is 5.95. The number of aryl methyl sites for hydroxylation is 1. The molecule has 1 atom stereocenters. The van der Waals surface area contributed by atoms with Crippen LogP contribution in [0.25, 0.3) is 0 Å². The molecule has 3 rings (SSSR count). The zero-order chi connectivity index (χ0) is 16.2. The number of fused-ring (bicyclic) bond motifs is 1. The highest BCUT2D eigenvalue weighted by atomic mass is 16.5. The summed E-state index contributed by atoms with van der Waals surface area (Å²) in [5.74, 6) is 1.69. The van der Waals surface area contributed by atoms with Crippen LogP contribution in [0.15, 0.2) is 36.4 Å². The second-order valence-electron chi connectivity index (χ2n) is 5.98. The highest BCUT2D eigenvalue weighted by Crippen LogP contribution is 2.35. The fourth-order valence-corrected chi connectivity index (χ4v) is 3.36. The van der Waals surface area contributed by atoms with Gasteiger partial charge in [-0.3, -0.25) is 0 Å². The van der Waals surface area contributed by atoms with E-state index in [-0.39, 0.29) is 0 Å².